The van der Waals surface area contributed by atoms with Gasteiger partial charge in [-0.05, 0) is 24.3 Å². The lowest BCUT2D eigenvalue weighted by molar-refractivity contribution is 0.0299. The highest BCUT2D eigenvalue weighted by molar-refractivity contribution is 5.90. The van der Waals surface area contributed by atoms with Crippen molar-refractivity contribution < 1.29 is 20.0 Å². The maximum atomic E-state index is 9.98. The predicted molar refractivity (Wildman–Crippen MR) is 60.7 cm³/mol. The molecule has 0 aliphatic carbocycles. The van der Waals surface area contributed by atoms with Gasteiger partial charge in [0.25, 0.3) is 0 Å². The molecule has 0 radical (unpaired) electrons. The Balaban J connectivity index is 2.31. The molecular weight excluding hydrogens is 238 g/mol. The van der Waals surface area contributed by atoms with Crippen molar-refractivity contribution in [1.29, 1.82) is 0 Å². The molecule has 0 bridgehead atoms. The van der Waals surface area contributed by atoms with E-state index in [-0.39, 0.29) is 22.3 Å². The van der Waals surface area contributed by atoms with Crippen molar-refractivity contribution in [2.45, 2.75) is 0 Å². The largest absolute Gasteiger partial charge is 0.461 e. The van der Waals surface area contributed by atoms with Crippen LogP contribution in [0.1, 0.15) is 0 Å². The van der Waals surface area contributed by atoms with Crippen LogP contribution in [-0.2, 0) is 0 Å². The summed E-state index contributed by atoms with van der Waals surface area (Å²) in [6.45, 7) is 0. The zero-order valence-corrected chi connectivity index (χ0v) is 9.06. The van der Waals surface area contributed by atoms with Crippen LogP contribution in [0.4, 0.5) is 5.69 Å². The van der Waals surface area contributed by atoms with Gasteiger partial charge >= 0.3 is 0 Å². The lowest BCUT2D eigenvalue weighted by Gasteiger charge is -2.07. The van der Waals surface area contributed by atoms with Crippen LogP contribution in [0.2, 0.25) is 0 Å². The SMILES string of the molecule is ON(O)c1cccc2c1nc(-c1ccco1)n2O. The first-order chi connectivity index (χ1) is 8.68. The molecule has 0 amide bonds. The molecular formula is C11H9N3O4. The number of hydrogen-bond donors (Lipinski definition) is 3. The van der Waals surface area contributed by atoms with Crippen LogP contribution in [0.15, 0.2) is 41.0 Å². The summed E-state index contributed by atoms with van der Waals surface area (Å²) < 4.78 is 5.98. The van der Waals surface area contributed by atoms with Crippen LogP contribution >= 0.6 is 0 Å². The highest BCUT2D eigenvalue weighted by atomic mass is 16.8. The molecule has 0 spiro atoms. The summed E-state index contributed by atoms with van der Waals surface area (Å²) in [5, 5.41) is 28.1. The topological polar surface area (TPSA) is 94.9 Å². The van der Waals surface area contributed by atoms with Crippen molar-refractivity contribution in [2.24, 2.45) is 0 Å². The third-order valence-electron chi connectivity index (χ3n) is 2.60. The molecule has 0 saturated heterocycles. The van der Waals surface area contributed by atoms with E-state index < -0.39 is 0 Å². The molecule has 2 aromatic heterocycles. The number of hydrogen-bond acceptors (Lipinski definition) is 6. The Kier molecular flexibility index (Phi) is 2.22. The second kappa shape index (κ2) is 3.76. The molecule has 0 aliphatic heterocycles. The summed E-state index contributed by atoms with van der Waals surface area (Å²) in [5.74, 6) is 0.561. The Bertz CT molecular complexity index is 688. The summed E-state index contributed by atoms with van der Waals surface area (Å²) in [7, 11) is 0. The van der Waals surface area contributed by atoms with E-state index in [2.05, 4.69) is 4.98 Å². The Labute approximate surface area is 101 Å². The summed E-state index contributed by atoms with van der Waals surface area (Å²) in [6, 6.07) is 7.93. The summed E-state index contributed by atoms with van der Waals surface area (Å²) in [4.78, 5) is 4.13. The average Bonchev–Trinajstić information content (AvgIpc) is 2.97. The summed E-state index contributed by atoms with van der Waals surface area (Å²) in [6.07, 6.45) is 1.46. The monoisotopic (exact) mass is 247 g/mol. The number of rotatable bonds is 2. The van der Waals surface area contributed by atoms with E-state index in [1.165, 1.54) is 12.3 Å². The molecule has 2 heterocycles. The molecule has 92 valence electrons. The van der Waals surface area contributed by atoms with Crippen molar-refractivity contribution >= 4 is 16.7 Å². The van der Waals surface area contributed by atoms with E-state index in [4.69, 9.17) is 14.8 Å². The lowest BCUT2D eigenvalue weighted by atomic mass is 10.3. The van der Waals surface area contributed by atoms with E-state index in [0.717, 1.165) is 4.73 Å². The average molecular weight is 247 g/mol. The molecule has 7 heteroatoms. The number of fused-ring (bicyclic) bond motifs is 1. The van der Waals surface area contributed by atoms with Crippen molar-refractivity contribution in [2.75, 3.05) is 5.23 Å². The lowest BCUT2D eigenvalue weighted by Crippen LogP contribution is -2.11. The molecule has 7 nitrogen and oxygen atoms in total. The maximum Gasteiger partial charge on any atom is 0.212 e. The molecule has 3 rings (SSSR count). The molecule has 18 heavy (non-hydrogen) atoms. The smallest absolute Gasteiger partial charge is 0.212 e. The van der Waals surface area contributed by atoms with E-state index in [1.807, 2.05) is 0 Å². The molecule has 1 aromatic carbocycles. The highest BCUT2D eigenvalue weighted by Gasteiger charge is 2.17. The van der Waals surface area contributed by atoms with Crippen LogP contribution in [0.5, 0.6) is 0 Å². The summed E-state index contributed by atoms with van der Waals surface area (Å²) >= 11 is 0. The van der Waals surface area contributed by atoms with Gasteiger partial charge in [0.15, 0.2) is 5.76 Å². The Morgan fingerprint density at radius 3 is 2.67 bits per heavy atom. The van der Waals surface area contributed by atoms with Gasteiger partial charge in [0, 0.05) is 0 Å². The normalized spacial score (nSPS) is 11.0. The van der Waals surface area contributed by atoms with Crippen molar-refractivity contribution in [3.63, 3.8) is 0 Å². The first-order valence-electron chi connectivity index (χ1n) is 5.11. The van der Waals surface area contributed by atoms with Crippen molar-refractivity contribution in [3.8, 4) is 11.6 Å². The zero-order chi connectivity index (χ0) is 12.7. The molecule has 0 saturated carbocycles. The number of benzene rings is 1. The number of imidazole rings is 1. The molecule has 0 aliphatic rings. The van der Waals surface area contributed by atoms with Gasteiger partial charge in [-0.15, -0.1) is 5.23 Å². The second-order valence-electron chi connectivity index (χ2n) is 3.66. The number of para-hydroxylation sites is 1. The number of nitrogens with zero attached hydrogens (tertiary/aromatic N) is 3. The van der Waals surface area contributed by atoms with Crippen molar-refractivity contribution in [1.82, 2.24) is 9.71 Å². The zero-order valence-electron chi connectivity index (χ0n) is 9.06. The van der Waals surface area contributed by atoms with Gasteiger partial charge in [-0.3, -0.25) is 10.4 Å². The van der Waals surface area contributed by atoms with E-state index >= 15 is 0 Å². The minimum absolute atomic E-state index is 0.0404. The van der Waals surface area contributed by atoms with Crippen molar-refractivity contribution in [3.05, 3.63) is 36.6 Å². The van der Waals surface area contributed by atoms with Gasteiger partial charge in [0.2, 0.25) is 5.82 Å². The predicted octanol–water partition coefficient (Wildman–Crippen LogP) is 2.12. The van der Waals surface area contributed by atoms with E-state index in [1.54, 1.807) is 24.3 Å². The second-order valence-corrected chi connectivity index (χ2v) is 3.66. The molecule has 0 atom stereocenters. The Hall–Kier alpha value is -2.51. The quantitative estimate of drug-likeness (QED) is 0.474. The maximum absolute atomic E-state index is 9.98. The van der Waals surface area contributed by atoms with Gasteiger partial charge < -0.3 is 9.62 Å². The fraction of sp³-hybridized carbons (Fsp3) is 0. The van der Waals surface area contributed by atoms with Crippen LogP contribution in [-0.4, -0.2) is 25.3 Å². The van der Waals surface area contributed by atoms with E-state index in [0.29, 0.717) is 11.3 Å². The number of furan rings is 1. The van der Waals surface area contributed by atoms with Gasteiger partial charge in [-0.2, -0.15) is 4.73 Å². The number of aromatic nitrogens is 2. The molecule has 3 aromatic rings. The molecule has 0 fully saturated rings. The van der Waals surface area contributed by atoms with Gasteiger partial charge in [-0.1, -0.05) is 6.07 Å². The highest BCUT2D eigenvalue weighted by Crippen LogP contribution is 2.29. The van der Waals surface area contributed by atoms with Crippen LogP contribution in [0.3, 0.4) is 0 Å². The standard InChI is InChI=1S/C11H9N3O4/c15-13-7-3-1-4-8(14(16)17)10(7)12-11(13)9-5-2-6-18-9/h1-6,15-17H. The van der Waals surface area contributed by atoms with Crippen LogP contribution in [0.25, 0.3) is 22.6 Å². The fourth-order valence-electron chi connectivity index (χ4n) is 1.80. The third kappa shape index (κ3) is 1.42. The van der Waals surface area contributed by atoms with E-state index in [9.17, 15) is 5.21 Å². The minimum Gasteiger partial charge on any atom is -0.461 e. The van der Waals surface area contributed by atoms with Gasteiger partial charge in [0.05, 0.1) is 6.26 Å². The molecule has 0 unspecified atom stereocenters. The Morgan fingerprint density at radius 2 is 2.00 bits per heavy atom. The Morgan fingerprint density at radius 1 is 1.17 bits per heavy atom. The van der Waals surface area contributed by atoms with Crippen LogP contribution in [0, 0.1) is 0 Å². The minimum atomic E-state index is -0.0404. The molecule has 3 N–H and O–H groups in total. The van der Waals surface area contributed by atoms with Gasteiger partial charge in [-0.25, -0.2) is 4.98 Å². The summed E-state index contributed by atoms with van der Waals surface area (Å²) in [5.41, 5.74) is 0.650. The first-order valence-corrected chi connectivity index (χ1v) is 5.11. The van der Waals surface area contributed by atoms with Gasteiger partial charge in [0.1, 0.15) is 16.7 Å². The van der Waals surface area contributed by atoms with Crippen LogP contribution < -0.4 is 5.23 Å². The first kappa shape index (κ1) is 10.6. The fourth-order valence-corrected chi connectivity index (χ4v) is 1.80. The number of anilines is 1. The third-order valence-corrected chi connectivity index (χ3v) is 2.60.